The highest BCUT2D eigenvalue weighted by Crippen LogP contribution is 2.36. The van der Waals surface area contributed by atoms with Crippen molar-refractivity contribution in [3.63, 3.8) is 0 Å². The van der Waals surface area contributed by atoms with Gasteiger partial charge < -0.3 is 26.8 Å². The van der Waals surface area contributed by atoms with Gasteiger partial charge in [0.2, 0.25) is 0 Å². The van der Waals surface area contributed by atoms with Crippen molar-refractivity contribution in [2.24, 2.45) is 10.7 Å². The van der Waals surface area contributed by atoms with Gasteiger partial charge in [0.25, 0.3) is 5.91 Å². The van der Waals surface area contributed by atoms with Gasteiger partial charge in [0.15, 0.2) is 5.65 Å². The molecule has 2 atom stereocenters. The Morgan fingerprint density at radius 3 is 2.82 bits per heavy atom. The summed E-state index contributed by atoms with van der Waals surface area (Å²) < 4.78 is 2.35. The molecule has 0 saturated carbocycles. The number of allylic oxidation sites excluding steroid dienone is 3. The molecule has 0 aliphatic carbocycles. The third-order valence-electron chi connectivity index (χ3n) is 5.82. The third-order valence-corrected chi connectivity index (χ3v) is 6.63. The van der Waals surface area contributed by atoms with Crippen LogP contribution < -0.4 is 16.8 Å². The van der Waals surface area contributed by atoms with E-state index in [1.807, 2.05) is 18.4 Å². The monoisotopic (exact) mass is 514 g/mol. The molecule has 4 heterocycles. The molecule has 174 valence electrons. The predicted octanol–water partition coefficient (Wildman–Crippen LogP) is 1.53. The molecule has 1 saturated heterocycles. The van der Waals surface area contributed by atoms with E-state index in [9.17, 15) is 9.90 Å². The second-order valence-corrected chi connectivity index (χ2v) is 8.81. The van der Waals surface area contributed by atoms with Crippen LogP contribution in [0.5, 0.6) is 0 Å². The van der Waals surface area contributed by atoms with Gasteiger partial charge in [-0.25, -0.2) is 4.98 Å². The van der Waals surface area contributed by atoms with Gasteiger partial charge in [-0.1, -0.05) is 6.08 Å². The van der Waals surface area contributed by atoms with Crippen LogP contribution in [0, 0.1) is 0 Å². The number of carbonyl (C=O) groups excluding carboxylic acids is 1. The molecule has 0 aromatic carbocycles. The number of nitrogens with one attached hydrogen (secondary N) is 1. The number of anilines is 1. The van der Waals surface area contributed by atoms with Crippen molar-refractivity contribution in [2.45, 2.75) is 38.0 Å². The highest BCUT2D eigenvalue weighted by molar-refractivity contribution is 9.10. The lowest BCUT2D eigenvalue weighted by Gasteiger charge is -2.33. The van der Waals surface area contributed by atoms with Crippen LogP contribution in [0.4, 0.5) is 5.82 Å². The van der Waals surface area contributed by atoms with E-state index < -0.39 is 6.10 Å². The SMILES string of the molecule is C[C@@H](O)C(=O)N1CCC(c2nc3c(C4=CNC(N=CC=CN)C=C4)cnn3c(N)c2Br)CC1. The Bertz CT molecular complexity index is 1160. The van der Waals surface area contributed by atoms with E-state index in [4.69, 9.17) is 16.5 Å². The number of aliphatic hydroxyl groups is 1. The van der Waals surface area contributed by atoms with Gasteiger partial charge >= 0.3 is 0 Å². The summed E-state index contributed by atoms with van der Waals surface area (Å²) in [5.74, 6) is 0.377. The molecule has 0 radical (unpaired) electrons. The van der Waals surface area contributed by atoms with Crippen LogP contribution in [0.3, 0.4) is 0 Å². The second-order valence-electron chi connectivity index (χ2n) is 8.02. The van der Waals surface area contributed by atoms with Crippen LogP contribution in [0.2, 0.25) is 0 Å². The molecule has 0 bridgehead atoms. The fourth-order valence-electron chi connectivity index (χ4n) is 4.05. The maximum absolute atomic E-state index is 12.1. The van der Waals surface area contributed by atoms with E-state index in [0.717, 1.165) is 34.1 Å². The van der Waals surface area contributed by atoms with Gasteiger partial charge in [0.05, 0.1) is 16.4 Å². The summed E-state index contributed by atoms with van der Waals surface area (Å²) >= 11 is 3.61. The number of nitrogens with zero attached hydrogens (tertiary/aromatic N) is 5. The first-order valence-corrected chi connectivity index (χ1v) is 11.5. The number of rotatable bonds is 5. The summed E-state index contributed by atoms with van der Waals surface area (Å²) in [5.41, 5.74) is 15.0. The summed E-state index contributed by atoms with van der Waals surface area (Å²) in [6.45, 7) is 2.63. The van der Waals surface area contributed by atoms with Crippen LogP contribution >= 0.6 is 15.9 Å². The van der Waals surface area contributed by atoms with Crippen molar-refractivity contribution in [3.05, 3.63) is 52.6 Å². The molecule has 2 aromatic heterocycles. The summed E-state index contributed by atoms with van der Waals surface area (Å²) in [4.78, 5) is 23.1. The number of fused-ring (bicyclic) bond motifs is 1. The number of nitrogens with two attached hydrogens (primary N) is 2. The maximum Gasteiger partial charge on any atom is 0.251 e. The lowest BCUT2D eigenvalue weighted by atomic mass is 9.92. The number of aromatic nitrogens is 3. The summed E-state index contributed by atoms with van der Waals surface area (Å²) in [5, 5.41) is 17.3. The number of piperidine rings is 1. The Morgan fingerprint density at radius 1 is 1.42 bits per heavy atom. The number of dihydropyridines is 1. The zero-order valence-electron chi connectivity index (χ0n) is 18.2. The first-order chi connectivity index (χ1) is 15.9. The molecular weight excluding hydrogens is 488 g/mol. The largest absolute Gasteiger partial charge is 0.405 e. The van der Waals surface area contributed by atoms with Crippen molar-refractivity contribution in [1.29, 1.82) is 0 Å². The minimum absolute atomic E-state index is 0.135. The van der Waals surface area contributed by atoms with E-state index in [0.29, 0.717) is 24.6 Å². The molecule has 2 aromatic rings. The molecule has 4 rings (SSSR count). The highest BCUT2D eigenvalue weighted by Gasteiger charge is 2.29. The molecule has 1 unspecified atom stereocenters. The van der Waals surface area contributed by atoms with Gasteiger partial charge in [0, 0.05) is 42.6 Å². The highest BCUT2D eigenvalue weighted by atomic mass is 79.9. The Balaban J connectivity index is 1.59. The number of likely N-dealkylation sites (tertiary alicyclic amines) is 1. The molecule has 0 spiro atoms. The van der Waals surface area contributed by atoms with Crippen molar-refractivity contribution in [2.75, 3.05) is 18.8 Å². The van der Waals surface area contributed by atoms with Crippen molar-refractivity contribution in [1.82, 2.24) is 24.8 Å². The van der Waals surface area contributed by atoms with E-state index >= 15 is 0 Å². The van der Waals surface area contributed by atoms with Gasteiger partial charge in [-0.2, -0.15) is 9.61 Å². The lowest BCUT2D eigenvalue weighted by Crippen LogP contribution is -2.42. The van der Waals surface area contributed by atoms with Crippen molar-refractivity contribution < 1.29 is 9.90 Å². The van der Waals surface area contributed by atoms with Gasteiger partial charge in [-0.15, -0.1) is 0 Å². The number of aliphatic imine (C=N–C) groups is 1. The smallest absolute Gasteiger partial charge is 0.251 e. The first-order valence-electron chi connectivity index (χ1n) is 10.7. The number of aliphatic hydroxyl groups excluding tert-OH is 1. The van der Waals surface area contributed by atoms with E-state index in [2.05, 4.69) is 31.3 Å². The first kappa shape index (κ1) is 23.0. The van der Waals surface area contributed by atoms with Crippen LogP contribution in [0.15, 0.2) is 46.3 Å². The topological polar surface area (TPSA) is 147 Å². The molecule has 6 N–H and O–H groups in total. The van der Waals surface area contributed by atoms with Crippen LogP contribution in [0.25, 0.3) is 11.2 Å². The zero-order chi connectivity index (χ0) is 23.5. The molecule has 11 heteroatoms. The molecule has 2 aliphatic heterocycles. The molecule has 1 fully saturated rings. The average molecular weight is 515 g/mol. The standard InChI is InChI=1S/C22H27BrN8O2/c1-13(32)22(33)30-9-5-14(6-10-30)19-18(23)20(25)31-21(29-19)16(12-28-31)15-3-4-17(27-11-15)26-8-2-7-24/h2-4,7-8,11-14,17,27,32H,5-6,9-10,24-25H2,1H3/t13-,17?/m1/s1. The minimum Gasteiger partial charge on any atom is -0.405 e. The number of carbonyl (C=O) groups is 1. The van der Waals surface area contributed by atoms with Crippen LogP contribution in [-0.4, -0.2) is 62.1 Å². The second kappa shape index (κ2) is 9.75. The molecule has 33 heavy (non-hydrogen) atoms. The van der Waals surface area contributed by atoms with Crippen LogP contribution in [-0.2, 0) is 4.79 Å². The Hall–Kier alpha value is -3.18. The van der Waals surface area contributed by atoms with E-state index in [-0.39, 0.29) is 18.0 Å². The lowest BCUT2D eigenvalue weighted by molar-refractivity contribution is -0.140. The Labute approximate surface area is 199 Å². The number of hydrogen-bond acceptors (Lipinski definition) is 8. The normalized spacial score (nSPS) is 20.5. The fourth-order valence-corrected chi connectivity index (χ4v) is 4.63. The summed E-state index contributed by atoms with van der Waals surface area (Å²) in [6, 6.07) is 0. The van der Waals surface area contributed by atoms with Gasteiger partial charge in [-0.05, 0) is 54.0 Å². The number of amides is 1. The predicted molar refractivity (Wildman–Crippen MR) is 131 cm³/mol. The van der Waals surface area contributed by atoms with Crippen molar-refractivity contribution in [3.8, 4) is 0 Å². The fraction of sp³-hybridized carbons (Fsp3) is 0.364. The van der Waals surface area contributed by atoms with Crippen molar-refractivity contribution >= 4 is 45.1 Å². The third kappa shape index (κ3) is 4.64. The zero-order valence-corrected chi connectivity index (χ0v) is 19.8. The molecular formula is C22H27BrN8O2. The minimum atomic E-state index is -0.986. The van der Waals surface area contributed by atoms with Gasteiger partial charge in [0.1, 0.15) is 18.1 Å². The molecule has 1 amide bonds. The Morgan fingerprint density at radius 2 is 2.18 bits per heavy atom. The molecule has 10 nitrogen and oxygen atoms in total. The maximum atomic E-state index is 12.1. The summed E-state index contributed by atoms with van der Waals surface area (Å²) in [7, 11) is 0. The van der Waals surface area contributed by atoms with E-state index in [1.54, 1.807) is 27.9 Å². The number of nitrogen functional groups attached to an aromatic ring is 1. The van der Waals surface area contributed by atoms with E-state index in [1.165, 1.54) is 13.1 Å². The summed E-state index contributed by atoms with van der Waals surface area (Å²) in [6.07, 6.45) is 12.6. The number of halogens is 1. The Kier molecular flexibility index (Phi) is 6.80. The number of hydrogen-bond donors (Lipinski definition) is 4. The quantitative estimate of drug-likeness (QED) is 0.442. The van der Waals surface area contributed by atoms with Crippen LogP contribution in [0.1, 0.15) is 36.9 Å². The molecule has 2 aliphatic rings. The van der Waals surface area contributed by atoms with Gasteiger partial charge in [-0.3, -0.25) is 9.79 Å². The average Bonchev–Trinajstić information content (AvgIpc) is 3.26.